The van der Waals surface area contributed by atoms with Gasteiger partial charge >= 0.3 is 134 Å². The maximum absolute atomic E-state index is 12.2. The van der Waals surface area contributed by atoms with Crippen LogP contribution in [0.3, 0.4) is 0 Å². The molecule has 2 aromatic carbocycles. The first-order valence-electron chi connectivity index (χ1n) is 6.50. The molecule has 1 heterocycles. The third-order valence-corrected chi connectivity index (χ3v) is 9.16. The topological polar surface area (TPSA) is 39.2 Å². The van der Waals surface area contributed by atoms with Gasteiger partial charge in [-0.1, -0.05) is 0 Å². The summed E-state index contributed by atoms with van der Waals surface area (Å²) in [6.07, 6.45) is 0. The van der Waals surface area contributed by atoms with Crippen LogP contribution in [0.5, 0.6) is 0 Å². The molecule has 0 saturated heterocycles. The first-order valence-corrected chi connectivity index (χ1v) is 13.7. The Balaban J connectivity index is 1.80. The zero-order valence-electron chi connectivity index (χ0n) is 11.1. The number of rotatable bonds is 3. The van der Waals surface area contributed by atoms with Gasteiger partial charge in [-0.25, -0.2) is 0 Å². The van der Waals surface area contributed by atoms with Gasteiger partial charge in [-0.3, -0.25) is 0 Å². The molecule has 0 aliphatic heterocycles. The van der Waals surface area contributed by atoms with Crippen LogP contribution in [0.15, 0.2) is 66.7 Å². The van der Waals surface area contributed by atoms with Crippen molar-refractivity contribution >= 4 is 48.4 Å². The van der Waals surface area contributed by atoms with Crippen molar-refractivity contribution in [2.75, 3.05) is 0 Å². The van der Waals surface area contributed by atoms with Gasteiger partial charge < -0.3 is 0 Å². The molecule has 0 saturated carbocycles. The number of nitrogens with zero attached hydrogens (tertiary/aromatic N) is 1. The number of halogens is 1. The maximum atomic E-state index is 12.2. The molecule has 3 nitrogen and oxygen atoms in total. The summed E-state index contributed by atoms with van der Waals surface area (Å²) in [7, 11) is 6.31. The Bertz CT molecular complexity index is 779. The quantitative estimate of drug-likeness (QED) is 0.631. The number of carbonyl (C=O) groups is 1. The van der Waals surface area contributed by atoms with Crippen molar-refractivity contribution in [3.63, 3.8) is 0 Å². The Morgan fingerprint density at radius 2 is 1.67 bits per heavy atom. The van der Waals surface area contributed by atoms with Gasteiger partial charge in [0.1, 0.15) is 0 Å². The fraction of sp³-hybridized carbons (Fsp3) is 0. The number of hydrogen-bond acceptors (Lipinski definition) is 3. The first-order chi connectivity index (χ1) is 10.2. The number of aromatic nitrogens is 1. The molecular weight excluding hydrogens is 392 g/mol. The first kappa shape index (κ1) is 14.4. The van der Waals surface area contributed by atoms with Gasteiger partial charge in [0, 0.05) is 0 Å². The third-order valence-electron chi connectivity index (χ3n) is 3.08. The number of hydrogen-bond donors (Lipinski definition) is 0. The number of pyridine rings is 1. The summed E-state index contributed by atoms with van der Waals surface area (Å²) in [5.74, 6) is -0.444. The average Bonchev–Trinajstić information content (AvgIpc) is 2.55. The molecule has 0 N–H and O–H groups in total. The zero-order chi connectivity index (χ0) is 14.7. The molecule has 0 aliphatic rings. The van der Waals surface area contributed by atoms with Gasteiger partial charge in [0.15, 0.2) is 0 Å². The van der Waals surface area contributed by atoms with E-state index in [0.29, 0.717) is 5.69 Å². The van der Waals surface area contributed by atoms with Crippen molar-refractivity contribution in [3.8, 4) is 0 Å². The van der Waals surface area contributed by atoms with Gasteiger partial charge in [-0.15, -0.1) is 0 Å². The summed E-state index contributed by atoms with van der Waals surface area (Å²) in [6, 6.07) is 20.7. The van der Waals surface area contributed by atoms with Crippen molar-refractivity contribution in [1.82, 2.24) is 4.98 Å². The van der Waals surface area contributed by atoms with E-state index in [1.165, 1.54) is 0 Å². The van der Waals surface area contributed by atoms with Crippen LogP contribution >= 0.6 is 8.92 Å². The Hall–Kier alpha value is -1.59. The van der Waals surface area contributed by atoms with E-state index in [0.717, 1.165) is 14.5 Å². The minimum atomic E-state index is -3.01. The molecular formula is C16H12ClNO2Sn. The summed E-state index contributed by atoms with van der Waals surface area (Å²) >= 11 is -3.01. The van der Waals surface area contributed by atoms with Gasteiger partial charge in [-0.2, -0.15) is 0 Å². The second-order valence-electron chi connectivity index (χ2n) is 4.52. The zero-order valence-corrected chi connectivity index (χ0v) is 15.1. The molecule has 0 amide bonds. The van der Waals surface area contributed by atoms with E-state index in [2.05, 4.69) is 4.98 Å². The Kier molecular flexibility index (Phi) is 4.41. The number of carbonyl (C=O) groups excluding carboxylic acids is 1. The molecule has 0 bridgehead atoms. The van der Waals surface area contributed by atoms with Crippen LogP contribution in [0.2, 0.25) is 0 Å². The van der Waals surface area contributed by atoms with E-state index in [-0.39, 0.29) is 0 Å². The summed E-state index contributed by atoms with van der Waals surface area (Å²) in [4.78, 5) is 16.5. The second kappa shape index (κ2) is 6.45. The minimum absolute atomic E-state index is 0.298. The Morgan fingerprint density at radius 3 is 2.48 bits per heavy atom. The van der Waals surface area contributed by atoms with Gasteiger partial charge in [0.05, 0.1) is 0 Å². The summed E-state index contributed by atoms with van der Waals surface area (Å²) in [5, 5.41) is 0.989. The van der Waals surface area contributed by atoms with Crippen LogP contribution < -0.4 is 3.58 Å². The van der Waals surface area contributed by atoms with Crippen LogP contribution in [-0.4, -0.2) is 30.0 Å². The SMILES string of the molecule is O=C([O][SnH]([Cl])[c]1ccccc1)c1ccc2ccccc2n1. The van der Waals surface area contributed by atoms with Crippen LogP contribution in [0.1, 0.15) is 10.5 Å². The Morgan fingerprint density at radius 1 is 0.952 bits per heavy atom. The fourth-order valence-corrected chi connectivity index (χ4v) is 6.29. The normalized spacial score (nSPS) is 12.0. The predicted molar refractivity (Wildman–Crippen MR) is 86.2 cm³/mol. The van der Waals surface area contributed by atoms with Crippen molar-refractivity contribution in [1.29, 1.82) is 0 Å². The summed E-state index contributed by atoms with van der Waals surface area (Å²) in [6.45, 7) is 0. The summed E-state index contributed by atoms with van der Waals surface area (Å²) < 4.78 is 6.39. The van der Waals surface area contributed by atoms with Crippen LogP contribution in [0, 0.1) is 0 Å². The van der Waals surface area contributed by atoms with Crippen LogP contribution in [0.4, 0.5) is 0 Å². The molecule has 0 fully saturated rings. The van der Waals surface area contributed by atoms with Gasteiger partial charge in [0.2, 0.25) is 0 Å². The van der Waals surface area contributed by atoms with Gasteiger partial charge in [-0.05, 0) is 0 Å². The molecule has 1 atom stereocenters. The van der Waals surface area contributed by atoms with Gasteiger partial charge in [0.25, 0.3) is 0 Å². The molecule has 21 heavy (non-hydrogen) atoms. The molecule has 0 spiro atoms. The second-order valence-corrected chi connectivity index (χ2v) is 11.6. The van der Waals surface area contributed by atoms with Crippen molar-refractivity contribution in [2.24, 2.45) is 0 Å². The fourth-order valence-electron chi connectivity index (χ4n) is 2.01. The van der Waals surface area contributed by atoms with Crippen LogP contribution in [0.25, 0.3) is 10.9 Å². The molecule has 1 unspecified atom stereocenters. The van der Waals surface area contributed by atoms with E-state index < -0.39 is 25.0 Å². The van der Waals surface area contributed by atoms with Crippen molar-refractivity contribution < 1.29 is 7.87 Å². The molecule has 3 rings (SSSR count). The van der Waals surface area contributed by atoms with E-state index in [1.54, 1.807) is 6.07 Å². The molecule has 0 radical (unpaired) electrons. The standard InChI is InChI=1S/C10H7NO2.C6H5.ClH.Sn.H/c12-10(13)9-6-5-7-3-1-2-4-8(7)11-9;1-2-4-6-5-3-1;;;/h1-6H,(H,12,13);1-5H;1H;;/q;;;+2;/p-2. The number of fused-ring (bicyclic) bond motifs is 1. The van der Waals surface area contributed by atoms with E-state index in [4.69, 9.17) is 12.0 Å². The third kappa shape index (κ3) is 3.36. The molecule has 104 valence electrons. The van der Waals surface area contributed by atoms with E-state index in [1.807, 2.05) is 60.7 Å². The monoisotopic (exact) mass is 405 g/mol. The predicted octanol–water partition coefficient (Wildman–Crippen LogP) is 2.76. The van der Waals surface area contributed by atoms with E-state index >= 15 is 0 Å². The van der Waals surface area contributed by atoms with Crippen molar-refractivity contribution in [3.05, 3.63) is 72.4 Å². The molecule has 5 heteroatoms. The summed E-state index contributed by atoms with van der Waals surface area (Å²) in [5.41, 5.74) is 1.07. The van der Waals surface area contributed by atoms with Crippen LogP contribution in [-0.2, 0) is 3.07 Å². The Labute approximate surface area is 133 Å². The van der Waals surface area contributed by atoms with E-state index in [9.17, 15) is 4.79 Å². The molecule has 1 aromatic heterocycles. The number of benzene rings is 2. The number of para-hydroxylation sites is 1. The molecule has 0 aliphatic carbocycles. The molecule has 3 aromatic rings. The average molecular weight is 404 g/mol. The van der Waals surface area contributed by atoms with Crippen molar-refractivity contribution in [2.45, 2.75) is 0 Å².